The van der Waals surface area contributed by atoms with E-state index < -0.39 is 0 Å². The van der Waals surface area contributed by atoms with Gasteiger partial charge in [-0.05, 0) is 6.08 Å². The molecule has 0 fully saturated rings. The molecule has 0 aliphatic heterocycles. The summed E-state index contributed by atoms with van der Waals surface area (Å²) < 4.78 is 11.8. The maximum atomic E-state index is 11.8. The minimum Gasteiger partial charge on any atom is -0.386 e. The second kappa shape index (κ2) is 4.18. The van der Waals surface area contributed by atoms with Gasteiger partial charge in [0.2, 0.25) is 0 Å². The first kappa shape index (κ1) is 8.27. The minimum atomic E-state index is -0.359. The quantitative estimate of drug-likeness (QED) is 0.590. The van der Waals surface area contributed by atoms with Gasteiger partial charge >= 0.3 is 0 Å². The van der Waals surface area contributed by atoms with Gasteiger partial charge in [0.15, 0.2) is 0 Å². The number of halogens is 1. The van der Waals surface area contributed by atoms with Crippen molar-refractivity contribution in [2.24, 2.45) is 11.7 Å². The fraction of sp³-hybridized carbons (Fsp3) is 0.667. The van der Waals surface area contributed by atoms with Crippen LogP contribution in [0.1, 0.15) is 6.92 Å². The van der Waals surface area contributed by atoms with Crippen LogP contribution in [0.2, 0.25) is 0 Å². The van der Waals surface area contributed by atoms with Crippen molar-refractivity contribution in [3.05, 3.63) is 11.9 Å². The number of nitrogens with two attached hydrogens (primary N) is 1. The summed E-state index contributed by atoms with van der Waals surface area (Å²) >= 11 is 0. The van der Waals surface area contributed by atoms with Crippen LogP contribution in [0.5, 0.6) is 0 Å². The molecule has 0 spiro atoms. The highest BCUT2D eigenvalue weighted by Gasteiger charge is 1.94. The average molecular weight is 132 g/mol. The van der Waals surface area contributed by atoms with Gasteiger partial charge in [-0.2, -0.15) is 0 Å². The van der Waals surface area contributed by atoms with E-state index in [1.165, 1.54) is 0 Å². The smallest absolute Gasteiger partial charge is 0.0955 e. The van der Waals surface area contributed by atoms with Crippen LogP contribution in [0, 0.1) is 5.92 Å². The second-order valence-electron chi connectivity index (χ2n) is 2.00. The van der Waals surface area contributed by atoms with Gasteiger partial charge in [-0.25, -0.2) is 0 Å². The first-order chi connectivity index (χ1) is 4.20. The SMILES string of the molecule is CN/C(N)=C\C(C)CF. The van der Waals surface area contributed by atoms with Gasteiger partial charge < -0.3 is 11.1 Å². The van der Waals surface area contributed by atoms with Crippen molar-refractivity contribution in [1.82, 2.24) is 5.32 Å². The van der Waals surface area contributed by atoms with Crippen LogP contribution in [-0.4, -0.2) is 13.7 Å². The standard InChI is InChI=1S/C6H13FN2/c1-5(4-7)3-6(8)9-2/h3,5,9H,4,8H2,1-2H3/b6-3-. The van der Waals surface area contributed by atoms with E-state index in [2.05, 4.69) is 5.32 Å². The third-order valence-corrected chi connectivity index (χ3v) is 0.996. The van der Waals surface area contributed by atoms with Crippen molar-refractivity contribution >= 4 is 0 Å². The van der Waals surface area contributed by atoms with E-state index in [4.69, 9.17) is 5.73 Å². The van der Waals surface area contributed by atoms with Crippen molar-refractivity contribution in [1.29, 1.82) is 0 Å². The molecule has 0 heterocycles. The molecule has 0 aliphatic carbocycles. The number of hydrogen-bond acceptors (Lipinski definition) is 2. The van der Waals surface area contributed by atoms with Crippen LogP contribution in [0.4, 0.5) is 4.39 Å². The zero-order valence-electron chi connectivity index (χ0n) is 5.82. The molecular weight excluding hydrogens is 119 g/mol. The van der Waals surface area contributed by atoms with Crippen LogP contribution in [0.3, 0.4) is 0 Å². The largest absolute Gasteiger partial charge is 0.386 e. The molecule has 3 N–H and O–H groups in total. The fourth-order valence-corrected chi connectivity index (χ4v) is 0.434. The van der Waals surface area contributed by atoms with Gasteiger partial charge in [0.25, 0.3) is 0 Å². The van der Waals surface area contributed by atoms with E-state index in [9.17, 15) is 4.39 Å². The van der Waals surface area contributed by atoms with Gasteiger partial charge in [-0.3, -0.25) is 4.39 Å². The van der Waals surface area contributed by atoms with Crippen molar-refractivity contribution < 1.29 is 4.39 Å². The Morgan fingerprint density at radius 2 is 2.44 bits per heavy atom. The first-order valence-corrected chi connectivity index (χ1v) is 2.91. The Hall–Kier alpha value is -0.730. The maximum absolute atomic E-state index is 11.8. The zero-order chi connectivity index (χ0) is 7.28. The molecule has 0 aromatic rings. The highest BCUT2D eigenvalue weighted by Crippen LogP contribution is 1.97. The van der Waals surface area contributed by atoms with E-state index in [0.29, 0.717) is 5.82 Å². The first-order valence-electron chi connectivity index (χ1n) is 2.91. The fourth-order valence-electron chi connectivity index (χ4n) is 0.434. The number of hydrogen-bond donors (Lipinski definition) is 2. The number of alkyl halides is 1. The van der Waals surface area contributed by atoms with E-state index in [-0.39, 0.29) is 12.6 Å². The molecule has 0 rings (SSSR count). The minimum absolute atomic E-state index is 0.0857. The van der Waals surface area contributed by atoms with Crippen LogP contribution in [0.25, 0.3) is 0 Å². The van der Waals surface area contributed by atoms with E-state index in [1.54, 1.807) is 20.0 Å². The van der Waals surface area contributed by atoms with Gasteiger partial charge in [-0.1, -0.05) is 6.92 Å². The molecule has 0 aromatic heterocycles. The lowest BCUT2D eigenvalue weighted by Crippen LogP contribution is -2.15. The van der Waals surface area contributed by atoms with Crippen LogP contribution in [0.15, 0.2) is 11.9 Å². The van der Waals surface area contributed by atoms with Crippen molar-refractivity contribution in [3.8, 4) is 0 Å². The summed E-state index contributed by atoms with van der Waals surface area (Å²) in [6.45, 7) is 1.41. The van der Waals surface area contributed by atoms with Crippen molar-refractivity contribution in [2.75, 3.05) is 13.7 Å². The molecule has 0 radical (unpaired) electrons. The molecule has 0 aromatic carbocycles. The molecule has 0 aliphatic rings. The van der Waals surface area contributed by atoms with Crippen LogP contribution in [-0.2, 0) is 0 Å². The maximum Gasteiger partial charge on any atom is 0.0955 e. The highest BCUT2D eigenvalue weighted by atomic mass is 19.1. The van der Waals surface area contributed by atoms with Gasteiger partial charge in [0, 0.05) is 13.0 Å². The normalized spacial score (nSPS) is 15.2. The Bertz CT molecular complexity index is 101. The predicted octanol–water partition coefficient (Wildman–Crippen LogP) is 0.612. The van der Waals surface area contributed by atoms with Gasteiger partial charge in [0.1, 0.15) is 0 Å². The Balaban J connectivity index is 3.64. The molecule has 0 saturated heterocycles. The summed E-state index contributed by atoms with van der Waals surface area (Å²) in [5.74, 6) is 0.442. The average Bonchev–Trinajstić information content (AvgIpc) is 1.87. The number of nitrogens with one attached hydrogen (secondary N) is 1. The summed E-state index contributed by atoms with van der Waals surface area (Å²) in [5.41, 5.74) is 5.33. The monoisotopic (exact) mass is 132 g/mol. The molecular formula is C6H13FN2. The molecule has 0 saturated carbocycles. The number of allylic oxidation sites excluding steroid dienone is 1. The summed E-state index contributed by atoms with van der Waals surface area (Å²) in [6, 6.07) is 0. The Kier molecular flexibility index (Phi) is 3.84. The lowest BCUT2D eigenvalue weighted by Gasteiger charge is -2.01. The van der Waals surface area contributed by atoms with E-state index >= 15 is 0 Å². The topological polar surface area (TPSA) is 38.0 Å². The molecule has 54 valence electrons. The van der Waals surface area contributed by atoms with E-state index in [1.807, 2.05) is 0 Å². The number of rotatable bonds is 3. The summed E-state index contributed by atoms with van der Waals surface area (Å²) in [6.07, 6.45) is 1.65. The lowest BCUT2D eigenvalue weighted by atomic mass is 10.2. The van der Waals surface area contributed by atoms with Crippen molar-refractivity contribution in [3.63, 3.8) is 0 Å². The van der Waals surface area contributed by atoms with Gasteiger partial charge in [-0.15, -0.1) is 0 Å². The highest BCUT2D eigenvalue weighted by molar-refractivity contribution is 4.95. The molecule has 9 heavy (non-hydrogen) atoms. The second-order valence-corrected chi connectivity index (χ2v) is 2.00. The molecule has 0 bridgehead atoms. The lowest BCUT2D eigenvalue weighted by molar-refractivity contribution is 0.428. The molecule has 2 nitrogen and oxygen atoms in total. The third-order valence-electron chi connectivity index (χ3n) is 0.996. The van der Waals surface area contributed by atoms with Crippen LogP contribution < -0.4 is 11.1 Å². The summed E-state index contributed by atoms with van der Waals surface area (Å²) in [5, 5.41) is 2.70. The Morgan fingerprint density at radius 1 is 1.89 bits per heavy atom. The predicted molar refractivity (Wildman–Crippen MR) is 36.5 cm³/mol. The zero-order valence-corrected chi connectivity index (χ0v) is 5.82. The van der Waals surface area contributed by atoms with E-state index in [0.717, 1.165) is 0 Å². The van der Waals surface area contributed by atoms with Crippen LogP contribution >= 0.6 is 0 Å². The third kappa shape index (κ3) is 3.82. The van der Waals surface area contributed by atoms with Crippen molar-refractivity contribution in [2.45, 2.75) is 6.92 Å². The molecule has 3 heteroatoms. The Morgan fingerprint density at radius 3 is 2.78 bits per heavy atom. The molecule has 1 atom stereocenters. The molecule has 0 amide bonds. The Labute approximate surface area is 54.9 Å². The van der Waals surface area contributed by atoms with Gasteiger partial charge in [0.05, 0.1) is 12.5 Å². The summed E-state index contributed by atoms with van der Waals surface area (Å²) in [7, 11) is 1.71. The molecule has 1 unspecified atom stereocenters. The summed E-state index contributed by atoms with van der Waals surface area (Å²) in [4.78, 5) is 0.